The molecule has 0 aliphatic rings. The zero-order chi connectivity index (χ0) is 11.8. The Morgan fingerprint density at radius 3 is 3.00 bits per heavy atom. The summed E-state index contributed by atoms with van der Waals surface area (Å²) in [4.78, 5) is 4.63. The first-order valence-corrected chi connectivity index (χ1v) is 6.88. The molecule has 0 aliphatic heterocycles. The Kier molecular flexibility index (Phi) is 6.61. The van der Waals surface area contributed by atoms with Gasteiger partial charge >= 0.3 is 0 Å². The fourth-order valence-corrected chi connectivity index (χ4v) is 2.34. The Morgan fingerprint density at radius 1 is 1.50 bits per heavy atom. The van der Waals surface area contributed by atoms with Crippen molar-refractivity contribution in [3.63, 3.8) is 0 Å². The van der Waals surface area contributed by atoms with E-state index < -0.39 is 0 Å². The van der Waals surface area contributed by atoms with Gasteiger partial charge in [0.25, 0.3) is 0 Å². The minimum Gasteiger partial charge on any atom is -0.381 e. The molecule has 4 heteroatoms. The van der Waals surface area contributed by atoms with Crippen molar-refractivity contribution in [3.8, 4) is 0 Å². The van der Waals surface area contributed by atoms with Gasteiger partial charge < -0.3 is 10.1 Å². The second-order valence-electron chi connectivity index (χ2n) is 3.82. The molecule has 16 heavy (non-hydrogen) atoms. The predicted molar refractivity (Wildman–Crippen MR) is 69.3 cm³/mol. The number of aromatic nitrogens is 1. The number of hydrogen-bond donors (Lipinski definition) is 1. The van der Waals surface area contributed by atoms with Gasteiger partial charge in [0.05, 0.1) is 17.3 Å². The molecule has 1 heterocycles. The number of ether oxygens (including phenoxy) is 1. The molecule has 1 aromatic heterocycles. The lowest BCUT2D eigenvalue weighted by molar-refractivity contribution is 0.151. The molecule has 1 aromatic rings. The lowest BCUT2D eigenvalue weighted by Gasteiger charge is -2.08. The van der Waals surface area contributed by atoms with Gasteiger partial charge in [0.1, 0.15) is 0 Å². The Morgan fingerprint density at radius 2 is 2.31 bits per heavy atom. The zero-order valence-corrected chi connectivity index (χ0v) is 11.3. The Labute approximate surface area is 102 Å². The van der Waals surface area contributed by atoms with Gasteiger partial charge in [0.15, 0.2) is 0 Å². The minimum absolute atomic E-state index is 0.497. The van der Waals surface area contributed by atoms with Gasteiger partial charge in [0, 0.05) is 30.9 Å². The van der Waals surface area contributed by atoms with Gasteiger partial charge in [-0.2, -0.15) is 0 Å². The van der Waals surface area contributed by atoms with Crippen molar-refractivity contribution < 1.29 is 4.74 Å². The molecule has 1 rings (SSSR count). The molecule has 0 spiro atoms. The van der Waals surface area contributed by atoms with Crippen LogP contribution in [0.2, 0.25) is 0 Å². The minimum atomic E-state index is 0.497. The maximum atomic E-state index is 5.33. The topological polar surface area (TPSA) is 34.1 Å². The molecular formula is C12H22N2OS. The first kappa shape index (κ1) is 13.6. The third-order valence-corrected chi connectivity index (χ3v) is 3.37. The maximum absolute atomic E-state index is 5.33. The van der Waals surface area contributed by atoms with E-state index in [0.717, 1.165) is 32.7 Å². The highest BCUT2D eigenvalue weighted by Gasteiger charge is 2.09. The number of hydrogen-bond acceptors (Lipinski definition) is 4. The molecule has 1 atom stereocenters. The Bertz CT molecular complexity index is 288. The molecule has 3 nitrogen and oxygen atoms in total. The van der Waals surface area contributed by atoms with Crippen LogP contribution in [0.15, 0.2) is 5.38 Å². The van der Waals surface area contributed by atoms with Crippen LogP contribution in [-0.2, 0) is 11.2 Å². The summed E-state index contributed by atoms with van der Waals surface area (Å²) >= 11 is 1.74. The summed E-state index contributed by atoms with van der Waals surface area (Å²) in [6.45, 7) is 9.95. The van der Waals surface area contributed by atoms with Gasteiger partial charge in [-0.3, -0.25) is 0 Å². The van der Waals surface area contributed by atoms with Crippen LogP contribution in [0.25, 0.3) is 0 Å². The quantitative estimate of drug-likeness (QED) is 0.711. The molecule has 0 saturated heterocycles. The van der Waals surface area contributed by atoms with E-state index in [4.69, 9.17) is 4.74 Å². The van der Waals surface area contributed by atoms with Gasteiger partial charge in [-0.15, -0.1) is 11.3 Å². The third-order valence-electron chi connectivity index (χ3n) is 2.44. The van der Waals surface area contributed by atoms with E-state index in [2.05, 4.69) is 29.5 Å². The molecule has 0 fully saturated rings. The van der Waals surface area contributed by atoms with Crippen molar-refractivity contribution in [1.29, 1.82) is 0 Å². The molecule has 1 unspecified atom stereocenters. The monoisotopic (exact) mass is 242 g/mol. The first-order valence-electron chi connectivity index (χ1n) is 6.00. The second-order valence-corrected chi connectivity index (χ2v) is 4.76. The summed E-state index contributed by atoms with van der Waals surface area (Å²) in [5.41, 5.74) is 1.21. The van der Waals surface area contributed by atoms with E-state index in [1.807, 2.05) is 6.92 Å². The van der Waals surface area contributed by atoms with E-state index in [9.17, 15) is 0 Å². The average molecular weight is 242 g/mol. The van der Waals surface area contributed by atoms with E-state index in [1.165, 1.54) is 10.7 Å². The van der Waals surface area contributed by atoms with Crippen molar-refractivity contribution >= 4 is 11.3 Å². The summed E-state index contributed by atoms with van der Waals surface area (Å²) in [5.74, 6) is 0.497. The summed E-state index contributed by atoms with van der Waals surface area (Å²) in [6.07, 6.45) is 0.937. The number of rotatable bonds is 8. The summed E-state index contributed by atoms with van der Waals surface area (Å²) in [6, 6.07) is 0. The number of thiazole rings is 1. The number of nitrogens with one attached hydrogen (secondary N) is 1. The third kappa shape index (κ3) is 4.60. The highest BCUT2D eigenvalue weighted by molar-refractivity contribution is 7.09. The Hall–Kier alpha value is -0.450. The molecule has 0 aromatic carbocycles. The van der Waals surface area contributed by atoms with Crippen molar-refractivity contribution in [2.45, 2.75) is 33.1 Å². The van der Waals surface area contributed by atoms with Crippen molar-refractivity contribution in [3.05, 3.63) is 16.1 Å². The lowest BCUT2D eigenvalue weighted by atomic mass is 10.1. The van der Waals surface area contributed by atoms with Crippen LogP contribution >= 0.6 is 11.3 Å². The normalized spacial score (nSPS) is 12.9. The molecule has 0 bridgehead atoms. The van der Waals surface area contributed by atoms with E-state index in [0.29, 0.717) is 5.92 Å². The van der Waals surface area contributed by atoms with Crippen LogP contribution < -0.4 is 5.32 Å². The maximum Gasteiger partial charge on any atom is 0.0951 e. The molecule has 0 saturated carbocycles. The molecule has 0 amide bonds. The van der Waals surface area contributed by atoms with Crippen LogP contribution in [0.5, 0.6) is 0 Å². The van der Waals surface area contributed by atoms with Crippen LogP contribution in [-0.4, -0.2) is 31.3 Å². The number of nitrogens with zero attached hydrogens (tertiary/aromatic N) is 1. The zero-order valence-electron chi connectivity index (χ0n) is 10.5. The summed E-state index contributed by atoms with van der Waals surface area (Å²) in [7, 11) is 0. The average Bonchev–Trinajstić information content (AvgIpc) is 2.75. The van der Waals surface area contributed by atoms with Gasteiger partial charge in [-0.05, 0) is 13.5 Å². The highest BCUT2D eigenvalue weighted by Crippen LogP contribution is 2.18. The van der Waals surface area contributed by atoms with Crippen LogP contribution in [0, 0.1) is 0 Å². The van der Waals surface area contributed by atoms with Gasteiger partial charge in [-0.25, -0.2) is 4.98 Å². The molecule has 0 aliphatic carbocycles. The second kappa shape index (κ2) is 7.76. The molecule has 92 valence electrons. The number of likely N-dealkylation sites (N-methyl/N-ethyl adjacent to an activating group) is 1. The van der Waals surface area contributed by atoms with Crippen LogP contribution in [0.1, 0.15) is 37.4 Å². The van der Waals surface area contributed by atoms with Crippen LogP contribution in [0.4, 0.5) is 0 Å². The smallest absolute Gasteiger partial charge is 0.0951 e. The molecule has 0 radical (unpaired) electrons. The summed E-state index contributed by atoms with van der Waals surface area (Å²) in [5, 5.41) is 6.70. The first-order chi connectivity index (χ1) is 7.77. The fraction of sp³-hybridized carbons (Fsp3) is 0.750. The van der Waals surface area contributed by atoms with E-state index in [1.54, 1.807) is 11.3 Å². The molecule has 1 N–H and O–H groups in total. The van der Waals surface area contributed by atoms with Crippen molar-refractivity contribution in [1.82, 2.24) is 10.3 Å². The van der Waals surface area contributed by atoms with Gasteiger partial charge in [-0.1, -0.05) is 13.8 Å². The standard InChI is InChI=1S/C12H22N2OS/c1-4-13-8-10(3)11-9-16-12(14-11)6-7-15-5-2/h9-10,13H,4-8H2,1-3H3. The van der Waals surface area contributed by atoms with E-state index in [-0.39, 0.29) is 0 Å². The fourth-order valence-electron chi connectivity index (χ4n) is 1.44. The van der Waals surface area contributed by atoms with Crippen LogP contribution in [0.3, 0.4) is 0 Å². The SMILES string of the molecule is CCNCC(C)c1csc(CCOCC)n1. The van der Waals surface area contributed by atoms with Gasteiger partial charge in [0.2, 0.25) is 0 Å². The lowest BCUT2D eigenvalue weighted by Crippen LogP contribution is -2.19. The van der Waals surface area contributed by atoms with E-state index >= 15 is 0 Å². The predicted octanol–water partition coefficient (Wildman–Crippen LogP) is 2.44. The Balaban J connectivity index is 2.37. The van der Waals surface area contributed by atoms with Crippen molar-refractivity contribution in [2.24, 2.45) is 0 Å². The highest BCUT2D eigenvalue weighted by atomic mass is 32.1. The summed E-state index contributed by atoms with van der Waals surface area (Å²) < 4.78 is 5.33. The van der Waals surface area contributed by atoms with Crippen molar-refractivity contribution in [2.75, 3.05) is 26.3 Å². The molecular weight excluding hydrogens is 220 g/mol. The largest absolute Gasteiger partial charge is 0.381 e.